The molecule has 0 saturated heterocycles. The number of anilines is 1. The summed E-state index contributed by atoms with van der Waals surface area (Å²) in [4.78, 5) is 13.2. The molecule has 1 aromatic rings. The van der Waals surface area contributed by atoms with Crippen LogP contribution in [-0.4, -0.2) is 31.1 Å². The Balaban J connectivity index is 2.65. The van der Waals surface area contributed by atoms with Gasteiger partial charge in [0.05, 0.1) is 18.0 Å². The third-order valence-corrected chi connectivity index (χ3v) is 2.27. The highest BCUT2D eigenvalue weighted by Crippen LogP contribution is 2.09. The summed E-state index contributed by atoms with van der Waals surface area (Å²) in [5.74, 6) is -0.615. The van der Waals surface area contributed by atoms with Crippen molar-refractivity contribution in [2.24, 2.45) is 18.7 Å². The van der Waals surface area contributed by atoms with Crippen LogP contribution in [0.4, 0.5) is 5.95 Å². The van der Waals surface area contributed by atoms with Crippen LogP contribution in [0.5, 0.6) is 0 Å². The van der Waals surface area contributed by atoms with Gasteiger partial charge in [0.15, 0.2) is 0 Å². The van der Waals surface area contributed by atoms with Crippen molar-refractivity contribution in [3.63, 3.8) is 0 Å². The second-order valence-electron chi connectivity index (χ2n) is 3.34. The van der Waals surface area contributed by atoms with Crippen LogP contribution in [0.15, 0.2) is 0 Å². The third kappa shape index (κ3) is 3.23. The highest BCUT2D eigenvalue weighted by Gasteiger charge is 2.21. The highest BCUT2D eigenvalue weighted by atomic mass is 32.1. The largest absolute Gasteiger partial charge is 0.393 e. The van der Waals surface area contributed by atoms with E-state index in [4.69, 9.17) is 18.0 Å². The first-order valence-electron chi connectivity index (χ1n) is 4.88. The van der Waals surface area contributed by atoms with Gasteiger partial charge in [-0.05, 0) is 11.6 Å². The predicted octanol–water partition coefficient (Wildman–Crippen LogP) is -0.149. The molecule has 88 valence electrons. The Morgan fingerprint density at radius 2 is 2.38 bits per heavy atom. The predicted molar refractivity (Wildman–Crippen MR) is 62.6 cm³/mol. The van der Waals surface area contributed by atoms with Crippen LogP contribution in [0.25, 0.3) is 0 Å². The van der Waals surface area contributed by atoms with Gasteiger partial charge in [-0.1, -0.05) is 30.7 Å². The van der Waals surface area contributed by atoms with E-state index in [9.17, 15) is 4.79 Å². The molecule has 1 heterocycles. The molecule has 0 saturated carbocycles. The lowest BCUT2D eigenvalue weighted by Gasteiger charge is -2.12. The monoisotopic (exact) mass is 242 g/mol. The number of rotatable bonds is 5. The minimum Gasteiger partial charge on any atom is -0.393 e. The topological polar surface area (TPSA) is 98.7 Å². The number of tetrazole rings is 1. The van der Waals surface area contributed by atoms with Gasteiger partial charge in [-0.15, -0.1) is 5.10 Å². The molecule has 0 aliphatic heterocycles. The Labute approximate surface area is 98.4 Å². The molecule has 1 rings (SSSR count). The fourth-order valence-electron chi connectivity index (χ4n) is 1.22. The minimum absolute atomic E-state index is 0.157. The van der Waals surface area contributed by atoms with Crippen LogP contribution in [-0.2, 0) is 11.8 Å². The van der Waals surface area contributed by atoms with Gasteiger partial charge >= 0.3 is 0 Å². The van der Waals surface area contributed by atoms with Gasteiger partial charge in [-0.2, -0.15) is 4.80 Å². The number of hydrogen-bond donors (Lipinski definition) is 2. The molecular formula is C8H14N6OS. The lowest BCUT2D eigenvalue weighted by Crippen LogP contribution is -2.33. The molecule has 0 bridgehead atoms. The molecule has 0 aliphatic carbocycles. The number of thiocarbonyl (C=S) groups is 1. The Morgan fingerprint density at radius 1 is 1.69 bits per heavy atom. The fourth-order valence-corrected chi connectivity index (χ4v) is 1.45. The summed E-state index contributed by atoms with van der Waals surface area (Å²) in [6, 6.07) is 0. The molecule has 8 heteroatoms. The van der Waals surface area contributed by atoms with E-state index in [2.05, 4.69) is 20.7 Å². The zero-order valence-electron chi connectivity index (χ0n) is 9.17. The summed E-state index contributed by atoms with van der Waals surface area (Å²) in [7, 11) is 1.61. The molecule has 0 fully saturated rings. The number of amides is 1. The van der Waals surface area contributed by atoms with Crippen molar-refractivity contribution in [3.8, 4) is 0 Å². The molecule has 16 heavy (non-hydrogen) atoms. The van der Waals surface area contributed by atoms with Gasteiger partial charge in [0.2, 0.25) is 5.91 Å². The zero-order chi connectivity index (χ0) is 12.1. The van der Waals surface area contributed by atoms with Gasteiger partial charge in [-0.25, -0.2) is 0 Å². The Kier molecular flexibility index (Phi) is 4.29. The summed E-state index contributed by atoms with van der Waals surface area (Å²) < 4.78 is 0. The number of nitrogens with one attached hydrogen (secondary N) is 1. The van der Waals surface area contributed by atoms with E-state index in [1.54, 1.807) is 7.05 Å². The zero-order valence-corrected chi connectivity index (χ0v) is 9.99. The van der Waals surface area contributed by atoms with Gasteiger partial charge in [0.1, 0.15) is 0 Å². The first kappa shape index (κ1) is 12.5. The number of carbonyl (C=O) groups excluding carboxylic acids is 1. The Bertz CT molecular complexity index is 390. The molecule has 0 aliphatic rings. The van der Waals surface area contributed by atoms with Crippen molar-refractivity contribution < 1.29 is 4.79 Å². The van der Waals surface area contributed by atoms with E-state index in [1.165, 1.54) is 4.80 Å². The molecule has 0 spiro atoms. The third-order valence-electron chi connectivity index (χ3n) is 1.98. The number of nitrogens with two attached hydrogens (primary N) is 1. The smallest absolute Gasteiger partial charge is 0.270 e. The normalized spacial score (nSPS) is 12.1. The maximum Gasteiger partial charge on any atom is 0.270 e. The Hall–Kier alpha value is -1.57. The maximum atomic E-state index is 11.8. The van der Waals surface area contributed by atoms with Gasteiger partial charge in [0.25, 0.3) is 5.95 Å². The molecule has 1 amide bonds. The first-order valence-corrected chi connectivity index (χ1v) is 5.29. The van der Waals surface area contributed by atoms with E-state index in [1.807, 2.05) is 6.92 Å². The number of hydrogen-bond acceptors (Lipinski definition) is 5. The molecule has 7 nitrogen and oxygen atoms in total. The van der Waals surface area contributed by atoms with E-state index in [0.717, 1.165) is 6.42 Å². The maximum absolute atomic E-state index is 11.8. The molecule has 1 unspecified atom stereocenters. The van der Waals surface area contributed by atoms with Crippen molar-refractivity contribution in [2.75, 3.05) is 5.32 Å². The first-order chi connectivity index (χ1) is 7.54. The minimum atomic E-state index is -0.483. The SMILES string of the molecule is CCCC(C(=O)Nc1nnn(C)n1)C(N)=S. The average Bonchev–Trinajstić information content (AvgIpc) is 2.59. The quantitative estimate of drug-likeness (QED) is 0.697. The van der Waals surface area contributed by atoms with Crippen molar-refractivity contribution in [2.45, 2.75) is 19.8 Å². The van der Waals surface area contributed by atoms with Crippen LogP contribution in [0.1, 0.15) is 19.8 Å². The van der Waals surface area contributed by atoms with Crippen LogP contribution >= 0.6 is 12.2 Å². The number of aryl methyl sites for hydroxylation is 1. The lowest BCUT2D eigenvalue weighted by molar-refractivity contribution is -0.118. The number of carbonyl (C=O) groups is 1. The van der Waals surface area contributed by atoms with Crippen molar-refractivity contribution in [3.05, 3.63) is 0 Å². The van der Waals surface area contributed by atoms with E-state index in [-0.39, 0.29) is 16.8 Å². The summed E-state index contributed by atoms with van der Waals surface area (Å²) in [5.41, 5.74) is 5.49. The van der Waals surface area contributed by atoms with Gasteiger partial charge < -0.3 is 5.73 Å². The summed E-state index contributed by atoms with van der Waals surface area (Å²) >= 11 is 4.84. The van der Waals surface area contributed by atoms with Crippen LogP contribution in [0, 0.1) is 5.92 Å². The van der Waals surface area contributed by atoms with Crippen LogP contribution < -0.4 is 11.1 Å². The van der Waals surface area contributed by atoms with Crippen LogP contribution in [0.3, 0.4) is 0 Å². The summed E-state index contributed by atoms with van der Waals surface area (Å²) in [6.45, 7) is 1.96. The van der Waals surface area contributed by atoms with E-state index < -0.39 is 5.92 Å². The summed E-state index contributed by atoms with van der Waals surface area (Å²) in [6.07, 6.45) is 1.44. The van der Waals surface area contributed by atoms with Crippen molar-refractivity contribution >= 4 is 29.1 Å². The molecule has 0 aromatic carbocycles. The second kappa shape index (κ2) is 5.50. The molecule has 1 atom stereocenters. The molecular weight excluding hydrogens is 228 g/mol. The average molecular weight is 242 g/mol. The number of aromatic nitrogens is 4. The lowest BCUT2D eigenvalue weighted by atomic mass is 10.0. The van der Waals surface area contributed by atoms with Gasteiger partial charge in [-0.3, -0.25) is 10.1 Å². The molecule has 3 N–H and O–H groups in total. The molecule has 1 aromatic heterocycles. The Morgan fingerprint density at radius 3 is 2.81 bits per heavy atom. The second-order valence-corrected chi connectivity index (χ2v) is 3.81. The van der Waals surface area contributed by atoms with Crippen molar-refractivity contribution in [1.29, 1.82) is 0 Å². The number of nitrogens with zero attached hydrogens (tertiary/aromatic N) is 4. The summed E-state index contributed by atoms with van der Waals surface area (Å²) in [5, 5.41) is 13.6. The van der Waals surface area contributed by atoms with E-state index in [0.29, 0.717) is 6.42 Å². The van der Waals surface area contributed by atoms with Crippen LogP contribution in [0.2, 0.25) is 0 Å². The molecule has 0 radical (unpaired) electrons. The fraction of sp³-hybridized carbons (Fsp3) is 0.625. The highest BCUT2D eigenvalue weighted by molar-refractivity contribution is 7.80. The van der Waals surface area contributed by atoms with Gasteiger partial charge in [0, 0.05) is 0 Å². The standard InChI is InChI=1S/C8H14N6OS/c1-3-4-5(6(9)16)7(15)10-8-11-13-14(2)12-8/h5H,3-4H2,1-2H3,(H2,9,16)(H,10,12,15). The van der Waals surface area contributed by atoms with Crippen molar-refractivity contribution in [1.82, 2.24) is 20.2 Å². The van der Waals surface area contributed by atoms with E-state index >= 15 is 0 Å².